The van der Waals surface area contributed by atoms with Crippen LogP contribution >= 0.6 is 11.3 Å². The molecule has 34 heavy (non-hydrogen) atoms. The fourth-order valence-electron chi connectivity index (χ4n) is 4.00. The minimum atomic E-state index is -0.0655. The van der Waals surface area contributed by atoms with Gasteiger partial charge in [-0.15, -0.1) is 11.3 Å². The molecule has 3 aromatic heterocycles. The second-order valence-electron chi connectivity index (χ2n) is 7.76. The maximum atomic E-state index is 9.51. The topological polar surface area (TPSA) is 113 Å². The molecule has 3 N–H and O–H groups in total. The van der Waals surface area contributed by atoms with Crippen LogP contribution in [-0.4, -0.2) is 58.3 Å². The predicted octanol–water partition coefficient (Wildman–Crippen LogP) is 3.19. The third-order valence-electron chi connectivity index (χ3n) is 5.56. The Morgan fingerprint density at radius 1 is 1.06 bits per heavy atom. The zero-order valence-electron chi connectivity index (χ0n) is 18.7. The van der Waals surface area contributed by atoms with Gasteiger partial charge in [-0.2, -0.15) is 4.98 Å². The van der Waals surface area contributed by atoms with Gasteiger partial charge in [0.05, 0.1) is 30.8 Å². The van der Waals surface area contributed by atoms with Crippen LogP contribution in [0.5, 0.6) is 11.5 Å². The largest absolute Gasteiger partial charge is 0.454 e. The lowest BCUT2D eigenvalue weighted by atomic mass is 10.0. The summed E-state index contributed by atoms with van der Waals surface area (Å²) in [5, 5.41) is 23.4. The van der Waals surface area contributed by atoms with Crippen molar-refractivity contribution in [2.24, 2.45) is 0 Å². The lowest BCUT2D eigenvalue weighted by Gasteiger charge is -2.21. The molecule has 0 radical (unpaired) electrons. The van der Waals surface area contributed by atoms with E-state index in [9.17, 15) is 10.2 Å². The number of pyridine rings is 1. The Balaban J connectivity index is 1.63. The highest BCUT2D eigenvalue weighted by Crippen LogP contribution is 2.44. The van der Waals surface area contributed by atoms with Crippen LogP contribution in [0.2, 0.25) is 0 Å². The summed E-state index contributed by atoms with van der Waals surface area (Å²) in [6.07, 6.45) is 1.76. The zero-order valence-corrected chi connectivity index (χ0v) is 19.5. The molecule has 0 bridgehead atoms. The second-order valence-corrected chi connectivity index (χ2v) is 8.97. The van der Waals surface area contributed by atoms with E-state index in [0.717, 1.165) is 37.7 Å². The van der Waals surface area contributed by atoms with Gasteiger partial charge in [-0.25, -0.2) is 4.98 Å². The fourth-order valence-corrected chi connectivity index (χ4v) is 5.04. The van der Waals surface area contributed by atoms with E-state index < -0.39 is 0 Å². The highest BCUT2D eigenvalue weighted by atomic mass is 32.1. The lowest BCUT2D eigenvalue weighted by molar-refractivity contribution is 0.174. The Kier molecular flexibility index (Phi) is 6.43. The van der Waals surface area contributed by atoms with Crippen molar-refractivity contribution in [2.45, 2.75) is 13.5 Å². The number of hydrogen-bond acceptors (Lipinski definition) is 10. The smallest absolute Gasteiger partial charge is 0.231 e. The summed E-state index contributed by atoms with van der Waals surface area (Å²) in [6.45, 7) is 3.29. The number of ether oxygens (including phenoxy) is 2. The van der Waals surface area contributed by atoms with Gasteiger partial charge in [0.25, 0.3) is 0 Å². The summed E-state index contributed by atoms with van der Waals surface area (Å²) in [4.78, 5) is 17.7. The number of anilines is 2. The van der Waals surface area contributed by atoms with Gasteiger partial charge in [-0.3, -0.25) is 4.98 Å². The Labute approximate surface area is 200 Å². The van der Waals surface area contributed by atoms with Crippen molar-refractivity contribution in [3.63, 3.8) is 0 Å². The van der Waals surface area contributed by atoms with E-state index in [1.807, 2.05) is 36.4 Å². The standard InChI is InChI=1S/C24H25N5O4S/c1-15-20(16-5-6-18-19(12-16)33-14-32-18)21-22(26-13-17-4-2-3-7-25-17)27-24(28-23(21)34-15)29(8-10-30)9-11-31/h2-7,12,30-31H,8-11,13-14H2,1H3,(H,26,27,28). The molecule has 0 saturated carbocycles. The molecule has 0 fully saturated rings. The molecule has 9 nitrogen and oxygen atoms in total. The van der Waals surface area contributed by atoms with Crippen LogP contribution in [0.3, 0.4) is 0 Å². The van der Waals surface area contributed by atoms with E-state index in [-0.39, 0.29) is 20.0 Å². The number of fused-ring (bicyclic) bond motifs is 2. The van der Waals surface area contributed by atoms with Gasteiger partial charge in [-0.1, -0.05) is 12.1 Å². The highest BCUT2D eigenvalue weighted by molar-refractivity contribution is 7.19. The van der Waals surface area contributed by atoms with Crippen molar-refractivity contribution in [1.29, 1.82) is 0 Å². The number of hydrogen-bond donors (Lipinski definition) is 3. The van der Waals surface area contributed by atoms with Gasteiger partial charge < -0.3 is 29.9 Å². The van der Waals surface area contributed by atoms with Gasteiger partial charge >= 0.3 is 0 Å². The predicted molar refractivity (Wildman–Crippen MR) is 132 cm³/mol. The summed E-state index contributed by atoms with van der Waals surface area (Å²) < 4.78 is 11.1. The van der Waals surface area contributed by atoms with Gasteiger partial charge in [0.2, 0.25) is 12.7 Å². The lowest BCUT2D eigenvalue weighted by Crippen LogP contribution is -2.31. The van der Waals surface area contributed by atoms with Crippen LogP contribution < -0.4 is 19.7 Å². The monoisotopic (exact) mass is 479 g/mol. The number of aliphatic hydroxyl groups is 2. The Morgan fingerprint density at radius 2 is 1.88 bits per heavy atom. The molecular formula is C24H25N5O4S. The molecule has 5 rings (SSSR count). The van der Waals surface area contributed by atoms with Gasteiger partial charge in [0.15, 0.2) is 11.5 Å². The Hall–Kier alpha value is -3.47. The molecule has 4 aromatic rings. The van der Waals surface area contributed by atoms with Crippen molar-refractivity contribution < 1.29 is 19.7 Å². The van der Waals surface area contributed by atoms with Crippen molar-refractivity contribution >= 4 is 33.3 Å². The first-order chi connectivity index (χ1) is 16.7. The molecule has 0 aliphatic carbocycles. The molecule has 0 saturated heterocycles. The normalized spacial score (nSPS) is 12.3. The number of nitrogens with zero attached hydrogens (tertiary/aromatic N) is 4. The molecule has 0 amide bonds. The Morgan fingerprint density at radius 3 is 2.65 bits per heavy atom. The number of benzene rings is 1. The molecule has 1 aromatic carbocycles. The number of thiophene rings is 1. The maximum Gasteiger partial charge on any atom is 0.231 e. The molecule has 0 spiro atoms. The van der Waals surface area contributed by atoms with Crippen LogP contribution in [0, 0.1) is 6.92 Å². The number of nitrogens with one attached hydrogen (secondary N) is 1. The van der Waals surface area contributed by atoms with Crippen LogP contribution in [0.4, 0.5) is 11.8 Å². The molecule has 10 heteroatoms. The zero-order chi connectivity index (χ0) is 23.5. The van der Waals surface area contributed by atoms with Crippen LogP contribution in [-0.2, 0) is 6.54 Å². The summed E-state index contributed by atoms with van der Waals surface area (Å²) in [5.74, 6) is 2.58. The van der Waals surface area contributed by atoms with E-state index in [0.29, 0.717) is 37.1 Å². The van der Waals surface area contributed by atoms with Gasteiger partial charge in [-0.05, 0) is 36.8 Å². The molecule has 4 heterocycles. The molecule has 1 aliphatic heterocycles. The number of aliphatic hydroxyl groups excluding tert-OH is 2. The summed E-state index contributed by atoms with van der Waals surface area (Å²) in [7, 11) is 0. The minimum absolute atomic E-state index is 0.0655. The SMILES string of the molecule is Cc1sc2nc(N(CCO)CCO)nc(NCc3ccccn3)c2c1-c1ccc2c(c1)OCO2. The van der Waals surface area contributed by atoms with Gasteiger partial charge in [0.1, 0.15) is 10.6 Å². The molecule has 176 valence electrons. The van der Waals surface area contributed by atoms with E-state index in [4.69, 9.17) is 19.4 Å². The third-order valence-corrected chi connectivity index (χ3v) is 6.56. The quantitative estimate of drug-likeness (QED) is 0.333. The number of rotatable bonds is 9. The third kappa shape index (κ3) is 4.35. The average molecular weight is 480 g/mol. The summed E-state index contributed by atoms with van der Waals surface area (Å²) in [5.41, 5.74) is 2.91. The Bertz CT molecular complexity index is 1290. The van der Waals surface area contributed by atoms with Crippen LogP contribution in [0.1, 0.15) is 10.6 Å². The van der Waals surface area contributed by atoms with Crippen LogP contribution in [0.15, 0.2) is 42.6 Å². The van der Waals surface area contributed by atoms with Crippen molar-refractivity contribution in [1.82, 2.24) is 15.0 Å². The maximum absolute atomic E-state index is 9.51. The number of aromatic nitrogens is 3. The average Bonchev–Trinajstić information content (AvgIpc) is 3.45. The first kappa shape index (κ1) is 22.3. The minimum Gasteiger partial charge on any atom is -0.454 e. The molecule has 0 unspecified atom stereocenters. The fraction of sp³-hybridized carbons (Fsp3) is 0.292. The summed E-state index contributed by atoms with van der Waals surface area (Å²) in [6, 6.07) is 11.7. The molecule has 1 aliphatic rings. The van der Waals surface area contributed by atoms with E-state index in [2.05, 4.69) is 17.2 Å². The first-order valence-electron chi connectivity index (χ1n) is 11.0. The van der Waals surface area contributed by atoms with Crippen molar-refractivity contribution in [2.75, 3.05) is 43.3 Å². The van der Waals surface area contributed by atoms with E-state index in [1.54, 1.807) is 22.4 Å². The van der Waals surface area contributed by atoms with E-state index in [1.165, 1.54) is 0 Å². The van der Waals surface area contributed by atoms with E-state index >= 15 is 0 Å². The van der Waals surface area contributed by atoms with Crippen molar-refractivity contribution in [3.8, 4) is 22.6 Å². The van der Waals surface area contributed by atoms with Crippen LogP contribution in [0.25, 0.3) is 21.3 Å². The van der Waals surface area contributed by atoms with Gasteiger partial charge in [0, 0.05) is 29.7 Å². The first-order valence-corrected chi connectivity index (χ1v) is 11.8. The highest BCUT2D eigenvalue weighted by Gasteiger charge is 2.22. The molecular weight excluding hydrogens is 454 g/mol. The summed E-state index contributed by atoms with van der Waals surface area (Å²) >= 11 is 1.58. The van der Waals surface area contributed by atoms with Crippen molar-refractivity contribution in [3.05, 3.63) is 53.2 Å². The molecule has 0 atom stereocenters. The second kappa shape index (κ2) is 9.80. The number of aryl methyl sites for hydroxylation is 1.